The number of piperidine rings is 3. The van der Waals surface area contributed by atoms with Crippen LogP contribution < -0.4 is 10.1 Å². The lowest BCUT2D eigenvalue weighted by molar-refractivity contribution is -0.0289. The smallest absolute Gasteiger partial charge is 0.411 e. The predicted octanol–water partition coefficient (Wildman–Crippen LogP) is 3.51. The van der Waals surface area contributed by atoms with Crippen molar-refractivity contribution in [1.29, 1.82) is 0 Å². The van der Waals surface area contributed by atoms with Gasteiger partial charge in [0.25, 0.3) is 0 Å². The highest BCUT2D eigenvalue weighted by molar-refractivity contribution is 5.85. The molecule has 1 atom stereocenters. The minimum atomic E-state index is -0.366. The standard InChI is InChI=1S/C18H26N2O3/c1-2-3-11-22-16-6-4-5-15(12-16)19-18(21)23-17-13-20-9-7-14(17)8-10-20/h4-6,12,14,17H,2-3,7-11,13H2,1H3,(H,19,21)/t17-/m0/s1. The quantitative estimate of drug-likeness (QED) is 0.816. The maximum Gasteiger partial charge on any atom is 0.411 e. The summed E-state index contributed by atoms with van der Waals surface area (Å²) in [5, 5.41) is 2.82. The van der Waals surface area contributed by atoms with E-state index in [0.29, 0.717) is 18.2 Å². The van der Waals surface area contributed by atoms with Crippen LogP contribution in [0.5, 0.6) is 5.75 Å². The van der Waals surface area contributed by atoms with E-state index >= 15 is 0 Å². The summed E-state index contributed by atoms with van der Waals surface area (Å²) in [6.45, 7) is 5.99. The fourth-order valence-electron chi connectivity index (χ4n) is 3.33. The summed E-state index contributed by atoms with van der Waals surface area (Å²) in [4.78, 5) is 14.5. The van der Waals surface area contributed by atoms with Crippen LogP contribution in [0.4, 0.5) is 10.5 Å². The second-order valence-electron chi connectivity index (χ2n) is 6.44. The summed E-state index contributed by atoms with van der Waals surface area (Å²) in [6.07, 6.45) is 4.07. The maximum atomic E-state index is 12.1. The van der Waals surface area contributed by atoms with Crippen molar-refractivity contribution in [3.8, 4) is 5.75 Å². The van der Waals surface area contributed by atoms with Crippen molar-refractivity contribution in [2.24, 2.45) is 5.92 Å². The zero-order chi connectivity index (χ0) is 16.1. The van der Waals surface area contributed by atoms with Crippen molar-refractivity contribution in [1.82, 2.24) is 4.90 Å². The number of hydrogen-bond acceptors (Lipinski definition) is 4. The second kappa shape index (κ2) is 7.68. The fourth-order valence-corrected chi connectivity index (χ4v) is 3.33. The number of carbonyl (C=O) groups excluding carboxylic acids is 1. The summed E-state index contributed by atoms with van der Waals surface area (Å²) in [6, 6.07) is 7.47. The first-order valence-electron chi connectivity index (χ1n) is 8.67. The van der Waals surface area contributed by atoms with Gasteiger partial charge in [-0.25, -0.2) is 4.79 Å². The Morgan fingerprint density at radius 3 is 2.87 bits per heavy atom. The third-order valence-electron chi connectivity index (χ3n) is 4.70. The Balaban J connectivity index is 1.50. The largest absolute Gasteiger partial charge is 0.494 e. The predicted molar refractivity (Wildman–Crippen MR) is 89.9 cm³/mol. The molecular weight excluding hydrogens is 292 g/mol. The molecule has 0 spiro atoms. The highest BCUT2D eigenvalue weighted by atomic mass is 16.6. The Bertz CT molecular complexity index is 527. The Labute approximate surface area is 137 Å². The first kappa shape index (κ1) is 16.1. The van der Waals surface area contributed by atoms with Crippen LogP contribution in [0.2, 0.25) is 0 Å². The molecule has 1 aromatic carbocycles. The van der Waals surface area contributed by atoms with Crippen molar-refractivity contribution in [2.75, 3.05) is 31.6 Å². The number of carbonyl (C=O) groups is 1. The number of ether oxygens (including phenoxy) is 2. The van der Waals surface area contributed by atoms with Gasteiger partial charge in [-0.1, -0.05) is 19.4 Å². The lowest BCUT2D eigenvalue weighted by Crippen LogP contribution is -2.52. The number of fused-ring (bicyclic) bond motifs is 3. The van der Waals surface area contributed by atoms with Crippen LogP contribution in [0.15, 0.2) is 24.3 Å². The average Bonchev–Trinajstić information content (AvgIpc) is 2.56. The molecular formula is C18H26N2O3. The van der Waals surface area contributed by atoms with Crippen molar-refractivity contribution in [3.63, 3.8) is 0 Å². The molecule has 0 unspecified atom stereocenters. The molecule has 5 heteroatoms. The van der Waals surface area contributed by atoms with Gasteiger partial charge in [0.15, 0.2) is 0 Å². The Morgan fingerprint density at radius 1 is 1.35 bits per heavy atom. The summed E-state index contributed by atoms with van der Waals surface area (Å²) < 4.78 is 11.3. The van der Waals surface area contributed by atoms with Gasteiger partial charge in [0.05, 0.1) is 6.61 Å². The minimum Gasteiger partial charge on any atom is -0.494 e. The number of unbranched alkanes of at least 4 members (excludes halogenated alkanes) is 1. The molecule has 4 rings (SSSR count). The molecule has 5 nitrogen and oxygen atoms in total. The Morgan fingerprint density at radius 2 is 2.17 bits per heavy atom. The van der Waals surface area contributed by atoms with E-state index < -0.39 is 0 Å². The van der Waals surface area contributed by atoms with E-state index in [0.717, 1.165) is 51.1 Å². The van der Waals surface area contributed by atoms with Gasteiger partial charge in [0.2, 0.25) is 0 Å². The number of rotatable bonds is 6. The molecule has 126 valence electrons. The number of anilines is 1. The van der Waals surface area contributed by atoms with Gasteiger partial charge in [0, 0.05) is 18.3 Å². The van der Waals surface area contributed by atoms with E-state index in [9.17, 15) is 4.79 Å². The van der Waals surface area contributed by atoms with E-state index in [1.165, 1.54) is 0 Å². The van der Waals surface area contributed by atoms with Gasteiger partial charge in [-0.15, -0.1) is 0 Å². The molecule has 3 fully saturated rings. The Hall–Kier alpha value is -1.75. The van der Waals surface area contributed by atoms with Crippen LogP contribution in [-0.2, 0) is 4.74 Å². The molecule has 0 radical (unpaired) electrons. The van der Waals surface area contributed by atoms with Gasteiger partial charge in [-0.3, -0.25) is 10.2 Å². The average molecular weight is 318 g/mol. The molecule has 23 heavy (non-hydrogen) atoms. The highest BCUT2D eigenvalue weighted by Gasteiger charge is 2.36. The second-order valence-corrected chi connectivity index (χ2v) is 6.44. The highest BCUT2D eigenvalue weighted by Crippen LogP contribution is 2.29. The number of nitrogens with one attached hydrogen (secondary N) is 1. The van der Waals surface area contributed by atoms with Crippen LogP contribution in [0.1, 0.15) is 32.6 Å². The van der Waals surface area contributed by atoms with Crippen LogP contribution in [0, 0.1) is 5.92 Å². The van der Waals surface area contributed by atoms with E-state index in [-0.39, 0.29) is 12.2 Å². The molecule has 0 aliphatic carbocycles. The molecule has 3 heterocycles. The van der Waals surface area contributed by atoms with Crippen molar-refractivity contribution >= 4 is 11.8 Å². The molecule has 0 aromatic heterocycles. The van der Waals surface area contributed by atoms with E-state index in [2.05, 4.69) is 17.1 Å². The van der Waals surface area contributed by atoms with Gasteiger partial charge >= 0.3 is 6.09 Å². The number of nitrogens with zero attached hydrogens (tertiary/aromatic N) is 1. The van der Waals surface area contributed by atoms with Crippen LogP contribution in [-0.4, -0.2) is 43.3 Å². The Kier molecular flexibility index (Phi) is 5.39. The summed E-state index contributed by atoms with van der Waals surface area (Å²) in [5.74, 6) is 1.30. The minimum absolute atomic E-state index is 0.0292. The van der Waals surface area contributed by atoms with Gasteiger partial charge in [0.1, 0.15) is 11.9 Å². The van der Waals surface area contributed by atoms with Crippen LogP contribution in [0.25, 0.3) is 0 Å². The zero-order valence-electron chi connectivity index (χ0n) is 13.8. The number of hydrogen-bond donors (Lipinski definition) is 1. The van der Waals surface area contributed by atoms with Crippen molar-refractivity contribution < 1.29 is 14.3 Å². The monoisotopic (exact) mass is 318 g/mol. The lowest BCUT2D eigenvalue weighted by atomic mass is 9.86. The van der Waals surface area contributed by atoms with Crippen molar-refractivity contribution in [3.05, 3.63) is 24.3 Å². The number of benzene rings is 1. The fraction of sp³-hybridized carbons (Fsp3) is 0.611. The molecule has 1 N–H and O–H groups in total. The summed E-state index contributed by atoms with van der Waals surface area (Å²) in [5.41, 5.74) is 0.713. The van der Waals surface area contributed by atoms with E-state index in [4.69, 9.17) is 9.47 Å². The lowest BCUT2D eigenvalue weighted by Gasteiger charge is -2.43. The molecule has 3 aliphatic rings. The van der Waals surface area contributed by atoms with Gasteiger partial charge in [-0.05, 0) is 50.4 Å². The molecule has 0 saturated carbocycles. The topological polar surface area (TPSA) is 50.8 Å². The third-order valence-corrected chi connectivity index (χ3v) is 4.70. The zero-order valence-corrected chi connectivity index (χ0v) is 13.8. The summed E-state index contributed by atoms with van der Waals surface area (Å²) in [7, 11) is 0. The third kappa shape index (κ3) is 4.38. The van der Waals surface area contributed by atoms with Gasteiger partial charge < -0.3 is 9.47 Å². The molecule has 2 bridgehead atoms. The first-order valence-corrected chi connectivity index (χ1v) is 8.67. The normalized spacial score (nSPS) is 25.9. The molecule has 1 aromatic rings. The molecule has 1 amide bonds. The number of amides is 1. The van der Waals surface area contributed by atoms with Gasteiger partial charge in [-0.2, -0.15) is 0 Å². The maximum absolute atomic E-state index is 12.1. The van der Waals surface area contributed by atoms with Crippen LogP contribution in [0.3, 0.4) is 0 Å². The summed E-state index contributed by atoms with van der Waals surface area (Å²) >= 11 is 0. The SMILES string of the molecule is CCCCOc1cccc(NC(=O)O[C@H]2CN3CCC2CC3)c1. The van der Waals surface area contributed by atoms with E-state index in [1.54, 1.807) is 0 Å². The molecule has 3 saturated heterocycles. The van der Waals surface area contributed by atoms with Crippen LogP contribution >= 0.6 is 0 Å². The molecule has 3 aliphatic heterocycles. The van der Waals surface area contributed by atoms with E-state index in [1.807, 2.05) is 24.3 Å². The first-order chi connectivity index (χ1) is 11.2. The van der Waals surface area contributed by atoms with Crippen molar-refractivity contribution in [2.45, 2.75) is 38.7 Å².